The topological polar surface area (TPSA) is 72.1 Å². The van der Waals surface area contributed by atoms with Gasteiger partial charge >= 0.3 is 0 Å². The molecule has 1 aromatic carbocycles. The van der Waals surface area contributed by atoms with Crippen LogP contribution in [0, 0.1) is 19.7 Å². The molecule has 1 saturated heterocycles. The van der Waals surface area contributed by atoms with E-state index in [4.69, 9.17) is 9.61 Å². The van der Waals surface area contributed by atoms with Crippen LogP contribution in [0.15, 0.2) is 41.0 Å². The Kier molecular flexibility index (Phi) is 5.88. The number of rotatable bonds is 5. The van der Waals surface area contributed by atoms with Gasteiger partial charge in [-0.25, -0.2) is 9.02 Å². The lowest BCUT2D eigenvalue weighted by Gasteiger charge is -2.32. The Morgan fingerprint density at radius 2 is 2.07 bits per heavy atom. The Hall–Kier alpha value is -3.09. The van der Waals surface area contributed by atoms with Gasteiger partial charge in [-0.3, -0.25) is 9.78 Å². The van der Waals surface area contributed by atoms with Crippen molar-refractivity contribution in [2.75, 3.05) is 13.1 Å². The maximum atomic E-state index is 14.1. The second-order valence-electron chi connectivity index (χ2n) is 7.96. The van der Waals surface area contributed by atoms with Crippen LogP contribution in [-0.2, 0) is 17.6 Å². The molecular weight excluding hydrogens is 383 g/mol. The number of amides is 1. The molecule has 1 unspecified atom stereocenters. The van der Waals surface area contributed by atoms with Gasteiger partial charge in [0.05, 0.1) is 6.42 Å². The van der Waals surface area contributed by atoms with E-state index in [-0.39, 0.29) is 24.1 Å². The molecule has 0 N–H and O–H groups in total. The standard InChI is InChI=1S/C23H25FN4O2/c1-15-10-17(11-18-6-3-4-8-20(18)24)12-22(25-15)19-7-5-9-28(14-19)23(29)13-21-16(2)26-30-27-21/h3-4,6,8,10,12,19H,5,7,9,11,13-14H2,1-2H3. The Bertz CT molecular complexity index is 1050. The third-order valence-electron chi connectivity index (χ3n) is 5.64. The molecule has 3 aromatic rings. The number of benzene rings is 1. The van der Waals surface area contributed by atoms with Gasteiger partial charge in [0.15, 0.2) is 0 Å². The SMILES string of the molecule is Cc1cc(Cc2ccccc2F)cc(C2CCCN(C(=O)Cc3nonc3C)C2)n1. The molecule has 156 valence electrons. The highest BCUT2D eigenvalue weighted by molar-refractivity contribution is 5.78. The maximum Gasteiger partial charge on any atom is 0.228 e. The molecule has 0 saturated carbocycles. The Morgan fingerprint density at radius 1 is 1.23 bits per heavy atom. The van der Waals surface area contributed by atoms with Crippen molar-refractivity contribution in [3.05, 3.63) is 76.1 Å². The minimum Gasteiger partial charge on any atom is -0.342 e. The number of hydrogen-bond donors (Lipinski definition) is 0. The van der Waals surface area contributed by atoms with Crippen molar-refractivity contribution in [2.24, 2.45) is 0 Å². The first-order chi connectivity index (χ1) is 14.5. The largest absolute Gasteiger partial charge is 0.342 e. The molecule has 3 heterocycles. The van der Waals surface area contributed by atoms with Gasteiger partial charge in [0.25, 0.3) is 0 Å². The van der Waals surface area contributed by atoms with Crippen LogP contribution in [0.3, 0.4) is 0 Å². The monoisotopic (exact) mass is 408 g/mol. The summed E-state index contributed by atoms with van der Waals surface area (Å²) in [6.45, 7) is 5.10. The molecule has 0 spiro atoms. The first-order valence-electron chi connectivity index (χ1n) is 10.3. The van der Waals surface area contributed by atoms with Gasteiger partial charge in [-0.05, 0) is 56.0 Å². The van der Waals surface area contributed by atoms with E-state index in [1.807, 2.05) is 30.0 Å². The van der Waals surface area contributed by atoms with Crippen LogP contribution in [0.5, 0.6) is 0 Å². The molecule has 30 heavy (non-hydrogen) atoms. The summed E-state index contributed by atoms with van der Waals surface area (Å²) in [6.07, 6.45) is 2.62. The minimum absolute atomic E-state index is 0.0257. The average Bonchev–Trinajstić information content (AvgIpc) is 3.14. The number of aromatic nitrogens is 3. The molecule has 0 bridgehead atoms. The highest BCUT2D eigenvalue weighted by Gasteiger charge is 2.27. The smallest absolute Gasteiger partial charge is 0.228 e. The molecule has 7 heteroatoms. The zero-order valence-corrected chi connectivity index (χ0v) is 17.3. The highest BCUT2D eigenvalue weighted by atomic mass is 19.1. The van der Waals surface area contributed by atoms with Crippen LogP contribution in [0.4, 0.5) is 4.39 Å². The van der Waals surface area contributed by atoms with E-state index < -0.39 is 0 Å². The van der Waals surface area contributed by atoms with Gasteiger partial charge in [0, 0.05) is 36.8 Å². The van der Waals surface area contributed by atoms with E-state index in [1.54, 1.807) is 13.0 Å². The van der Waals surface area contributed by atoms with Crippen molar-refractivity contribution in [1.82, 2.24) is 20.2 Å². The first-order valence-corrected chi connectivity index (χ1v) is 10.3. The number of halogens is 1. The van der Waals surface area contributed by atoms with E-state index >= 15 is 0 Å². The molecule has 1 fully saturated rings. The van der Waals surface area contributed by atoms with Crippen LogP contribution >= 0.6 is 0 Å². The maximum absolute atomic E-state index is 14.1. The summed E-state index contributed by atoms with van der Waals surface area (Å²) < 4.78 is 18.8. The fourth-order valence-electron chi connectivity index (χ4n) is 4.05. The molecule has 1 aliphatic rings. The molecule has 0 radical (unpaired) electrons. The van der Waals surface area contributed by atoms with Crippen molar-refractivity contribution in [1.29, 1.82) is 0 Å². The molecule has 4 rings (SSSR count). The lowest BCUT2D eigenvalue weighted by molar-refractivity contribution is -0.131. The number of hydrogen-bond acceptors (Lipinski definition) is 5. The minimum atomic E-state index is -0.194. The van der Waals surface area contributed by atoms with Gasteiger partial charge in [0.2, 0.25) is 5.91 Å². The van der Waals surface area contributed by atoms with Crippen LogP contribution < -0.4 is 0 Å². The van der Waals surface area contributed by atoms with E-state index in [1.165, 1.54) is 6.07 Å². The summed E-state index contributed by atoms with van der Waals surface area (Å²) in [6, 6.07) is 10.9. The predicted molar refractivity (Wildman–Crippen MR) is 109 cm³/mol. The molecule has 6 nitrogen and oxygen atoms in total. The third-order valence-corrected chi connectivity index (χ3v) is 5.64. The van der Waals surface area contributed by atoms with E-state index in [0.717, 1.165) is 36.3 Å². The van der Waals surface area contributed by atoms with Crippen molar-refractivity contribution in [2.45, 2.75) is 45.4 Å². The van der Waals surface area contributed by atoms with Gasteiger partial charge in [-0.2, -0.15) is 0 Å². The Labute approximate surface area is 175 Å². The van der Waals surface area contributed by atoms with E-state index in [9.17, 15) is 9.18 Å². The second-order valence-corrected chi connectivity index (χ2v) is 7.96. The lowest BCUT2D eigenvalue weighted by atomic mass is 9.92. The normalized spacial score (nSPS) is 16.6. The Morgan fingerprint density at radius 3 is 2.83 bits per heavy atom. The number of nitrogens with zero attached hydrogens (tertiary/aromatic N) is 4. The number of likely N-dealkylation sites (tertiary alicyclic amines) is 1. The second kappa shape index (κ2) is 8.73. The van der Waals surface area contributed by atoms with Gasteiger partial charge < -0.3 is 4.90 Å². The fraction of sp³-hybridized carbons (Fsp3) is 0.391. The number of pyridine rings is 1. The summed E-state index contributed by atoms with van der Waals surface area (Å²) in [5, 5.41) is 7.57. The number of carbonyl (C=O) groups is 1. The summed E-state index contributed by atoms with van der Waals surface area (Å²) in [5.41, 5.74) is 4.82. The van der Waals surface area contributed by atoms with Gasteiger partial charge in [-0.15, -0.1) is 0 Å². The number of aryl methyl sites for hydroxylation is 2. The summed E-state index contributed by atoms with van der Waals surface area (Å²) in [5.74, 6) is -0.00294. The van der Waals surface area contributed by atoms with Crippen LogP contribution in [0.2, 0.25) is 0 Å². The van der Waals surface area contributed by atoms with E-state index in [2.05, 4.69) is 16.4 Å². The molecular formula is C23H25FN4O2. The lowest BCUT2D eigenvalue weighted by Crippen LogP contribution is -2.40. The van der Waals surface area contributed by atoms with Crippen molar-refractivity contribution >= 4 is 5.91 Å². The molecule has 1 atom stereocenters. The molecule has 1 amide bonds. The fourth-order valence-corrected chi connectivity index (χ4v) is 4.05. The van der Waals surface area contributed by atoms with Crippen LogP contribution in [0.25, 0.3) is 0 Å². The quantitative estimate of drug-likeness (QED) is 0.643. The molecule has 1 aliphatic heterocycles. The van der Waals surface area contributed by atoms with E-state index in [0.29, 0.717) is 29.9 Å². The average molecular weight is 408 g/mol. The van der Waals surface area contributed by atoms with Gasteiger partial charge in [-0.1, -0.05) is 28.5 Å². The van der Waals surface area contributed by atoms with Crippen LogP contribution in [0.1, 0.15) is 52.7 Å². The predicted octanol–water partition coefficient (Wildman–Crippen LogP) is 3.76. The summed E-state index contributed by atoms with van der Waals surface area (Å²) in [7, 11) is 0. The summed E-state index contributed by atoms with van der Waals surface area (Å²) in [4.78, 5) is 19.4. The van der Waals surface area contributed by atoms with Crippen LogP contribution in [-0.4, -0.2) is 39.2 Å². The highest BCUT2D eigenvalue weighted by Crippen LogP contribution is 2.28. The molecule has 2 aromatic heterocycles. The first kappa shape index (κ1) is 20.2. The summed E-state index contributed by atoms with van der Waals surface area (Å²) >= 11 is 0. The zero-order chi connectivity index (χ0) is 21.1. The number of piperidine rings is 1. The third kappa shape index (κ3) is 4.56. The van der Waals surface area contributed by atoms with Crippen molar-refractivity contribution < 1.29 is 13.8 Å². The Balaban J connectivity index is 1.49. The van der Waals surface area contributed by atoms with Crippen molar-refractivity contribution in [3.63, 3.8) is 0 Å². The van der Waals surface area contributed by atoms with Crippen molar-refractivity contribution in [3.8, 4) is 0 Å². The van der Waals surface area contributed by atoms with Gasteiger partial charge in [0.1, 0.15) is 17.2 Å². The zero-order valence-electron chi connectivity index (χ0n) is 17.3. The number of carbonyl (C=O) groups excluding carboxylic acids is 1. The molecule has 0 aliphatic carbocycles.